The fraction of sp³-hybridized carbons (Fsp3) is 0.609. The molecule has 1 aromatic heterocycles. The summed E-state index contributed by atoms with van der Waals surface area (Å²) in [5.41, 5.74) is 3.64. The molecule has 0 bridgehead atoms. The lowest BCUT2D eigenvalue weighted by Gasteiger charge is -2.44. The Hall–Kier alpha value is -2.05. The van der Waals surface area contributed by atoms with Gasteiger partial charge in [0.2, 0.25) is 0 Å². The van der Waals surface area contributed by atoms with Crippen LogP contribution in [-0.2, 0) is 6.54 Å². The Morgan fingerprint density at radius 1 is 1.14 bits per heavy atom. The second-order valence-corrected chi connectivity index (χ2v) is 8.70. The molecule has 3 heterocycles. The van der Waals surface area contributed by atoms with Crippen molar-refractivity contribution in [2.45, 2.75) is 45.2 Å². The Morgan fingerprint density at radius 2 is 1.93 bits per heavy atom. The van der Waals surface area contributed by atoms with Crippen molar-refractivity contribution in [1.29, 1.82) is 0 Å². The summed E-state index contributed by atoms with van der Waals surface area (Å²) in [6.45, 7) is 12.1. The molecular formula is C23H35N5O. The molecule has 2 aliphatic heterocycles. The number of aromatic nitrogens is 2. The van der Waals surface area contributed by atoms with Gasteiger partial charge in [-0.1, -0.05) is 26.0 Å². The number of H-pyrrole nitrogens is 1. The number of nitrogens with one attached hydrogen (secondary N) is 1. The van der Waals surface area contributed by atoms with Crippen molar-refractivity contribution in [2.75, 3.05) is 51.3 Å². The van der Waals surface area contributed by atoms with Gasteiger partial charge >= 0.3 is 0 Å². The van der Waals surface area contributed by atoms with Crippen molar-refractivity contribution in [3.8, 4) is 5.75 Å². The first-order chi connectivity index (χ1) is 14.1. The van der Waals surface area contributed by atoms with Gasteiger partial charge in [0.25, 0.3) is 0 Å². The number of likely N-dealkylation sites (tertiary alicyclic amines) is 1. The first-order valence-electron chi connectivity index (χ1n) is 11.0. The van der Waals surface area contributed by atoms with Crippen LogP contribution in [0.2, 0.25) is 0 Å². The van der Waals surface area contributed by atoms with Gasteiger partial charge in [-0.2, -0.15) is 5.10 Å². The number of rotatable bonds is 6. The second-order valence-electron chi connectivity index (χ2n) is 8.70. The molecule has 1 N–H and O–H groups in total. The van der Waals surface area contributed by atoms with E-state index in [1.54, 1.807) is 7.11 Å². The molecule has 6 nitrogen and oxygen atoms in total. The van der Waals surface area contributed by atoms with E-state index in [1.165, 1.54) is 36.5 Å². The summed E-state index contributed by atoms with van der Waals surface area (Å²) >= 11 is 0. The Morgan fingerprint density at radius 3 is 2.66 bits per heavy atom. The van der Waals surface area contributed by atoms with E-state index in [4.69, 9.17) is 4.74 Å². The van der Waals surface area contributed by atoms with E-state index in [-0.39, 0.29) is 0 Å². The molecule has 29 heavy (non-hydrogen) atoms. The highest BCUT2D eigenvalue weighted by molar-refractivity contribution is 5.58. The van der Waals surface area contributed by atoms with Gasteiger partial charge in [0.1, 0.15) is 5.75 Å². The fourth-order valence-corrected chi connectivity index (χ4v) is 4.69. The van der Waals surface area contributed by atoms with Crippen molar-refractivity contribution >= 4 is 5.69 Å². The molecule has 2 saturated heterocycles. The number of para-hydroxylation sites is 2. The number of anilines is 1. The summed E-state index contributed by atoms with van der Waals surface area (Å²) in [4.78, 5) is 7.76. The van der Waals surface area contributed by atoms with E-state index in [2.05, 4.69) is 63.0 Å². The third kappa shape index (κ3) is 4.75. The monoisotopic (exact) mass is 397 g/mol. The molecule has 2 fully saturated rings. The van der Waals surface area contributed by atoms with E-state index in [1.807, 2.05) is 6.07 Å². The molecule has 1 unspecified atom stereocenters. The SMILES string of the molecule is COc1ccccc1N1CCN(C2CCCN(Cc3cc(C(C)C)n[nH]3)C2)CC1. The van der Waals surface area contributed by atoms with Crippen LogP contribution in [0, 0.1) is 0 Å². The van der Waals surface area contributed by atoms with Crippen LogP contribution in [0.4, 0.5) is 5.69 Å². The summed E-state index contributed by atoms with van der Waals surface area (Å²) in [5, 5.41) is 7.70. The van der Waals surface area contributed by atoms with Gasteiger partial charge in [-0.25, -0.2) is 0 Å². The predicted molar refractivity (Wildman–Crippen MR) is 118 cm³/mol. The zero-order chi connectivity index (χ0) is 20.2. The molecule has 1 aromatic carbocycles. The van der Waals surface area contributed by atoms with Gasteiger partial charge in [-0.15, -0.1) is 0 Å². The van der Waals surface area contributed by atoms with Crippen molar-refractivity contribution in [1.82, 2.24) is 20.0 Å². The number of piperazine rings is 1. The molecule has 2 aliphatic rings. The summed E-state index contributed by atoms with van der Waals surface area (Å²) in [6.07, 6.45) is 2.59. The molecule has 6 heteroatoms. The third-order valence-corrected chi connectivity index (χ3v) is 6.37. The molecular weight excluding hydrogens is 362 g/mol. The summed E-state index contributed by atoms with van der Waals surface area (Å²) in [7, 11) is 1.76. The van der Waals surface area contributed by atoms with Crippen molar-refractivity contribution in [2.24, 2.45) is 0 Å². The second kappa shape index (κ2) is 9.18. The van der Waals surface area contributed by atoms with E-state index in [9.17, 15) is 0 Å². The molecule has 0 saturated carbocycles. The lowest BCUT2D eigenvalue weighted by molar-refractivity contribution is 0.0880. The Labute approximate surface area is 174 Å². The van der Waals surface area contributed by atoms with Gasteiger partial charge in [-0.3, -0.25) is 14.9 Å². The number of piperidine rings is 1. The first kappa shape index (κ1) is 20.2. The number of hydrogen-bond donors (Lipinski definition) is 1. The van der Waals surface area contributed by atoms with E-state index in [0.29, 0.717) is 12.0 Å². The van der Waals surface area contributed by atoms with Crippen LogP contribution in [0.25, 0.3) is 0 Å². The van der Waals surface area contributed by atoms with Gasteiger partial charge in [0.05, 0.1) is 18.5 Å². The van der Waals surface area contributed by atoms with Crippen LogP contribution in [0.5, 0.6) is 5.75 Å². The quantitative estimate of drug-likeness (QED) is 0.810. The van der Waals surface area contributed by atoms with Crippen molar-refractivity contribution in [3.05, 3.63) is 41.7 Å². The number of ether oxygens (including phenoxy) is 1. The van der Waals surface area contributed by atoms with Gasteiger partial charge in [-0.05, 0) is 43.5 Å². The average Bonchev–Trinajstić information content (AvgIpc) is 3.23. The molecule has 0 spiro atoms. The highest BCUT2D eigenvalue weighted by Crippen LogP contribution is 2.29. The molecule has 4 rings (SSSR count). The average molecular weight is 398 g/mol. The number of aromatic amines is 1. The molecule has 0 aliphatic carbocycles. The minimum atomic E-state index is 0.480. The zero-order valence-corrected chi connectivity index (χ0v) is 18.1. The van der Waals surface area contributed by atoms with E-state index < -0.39 is 0 Å². The lowest BCUT2D eigenvalue weighted by Crippen LogP contribution is -2.55. The Balaban J connectivity index is 1.31. The molecule has 0 radical (unpaired) electrons. The summed E-state index contributed by atoms with van der Waals surface area (Å²) in [6, 6.07) is 11.3. The normalized spacial score (nSPS) is 21.7. The lowest BCUT2D eigenvalue weighted by atomic mass is 10.0. The molecule has 0 amide bonds. The van der Waals surface area contributed by atoms with Gasteiger partial charge in [0, 0.05) is 51.0 Å². The van der Waals surface area contributed by atoms with E-state index in [0.717, 1.165) is 45.0 Å². The topological polar surface area (TPSA) is 47.6 Å². The number of nitrogens with zero attached hydrogens (tertiary/aromatic N) is 4. The smallest absolute Gasteiger partial charge is 0.142 e. The largest absolute Gasteiger partial charge is 0.495 e. The maximum Gasteiger partial charge on any atom is 0.142 e. The zero-order valence-electron chi connectivity index (χ0n) is 18.1. The van der Waals surface area contributed by atoms with Crippen LogP contribution >= 0.6 is 0 Å². The molecule has 2 aromatic rings. The Kier molecular flexibility index (Phi) is 6.40. The van der Waals surface area contributed by atoms with Crippen LogP contribution in [0.15, 0.2) is 30.3 Å². The van der Waals surface area contributed by atoms with Crippen molar-refractivity contribution in [3.63, 3.8) is 0 Å². The number of benzene rings is 1. The maximum absolute atomic E-state index is 5.56. The summed E-state index contributed by atoms with van der Waals surface area (Å²) in [5.74, 6) is 1.46. The van der Waals surface area contributed by atoms with E-state index >= 15 is 0 Å². The van der Waals surface area contributed by atoms with Crippen molar-refractivity contribution < 1.29 is 4.74 Å². The van der Waals surface area contributed by atoms with Crippen LogP contribution in [-0.4, -0.2) is 72.4 Å². The van der Waals surface area contributed by atoms with Gasteiger partial charge < -0.3 is 9.64 Å². The number of methoxy groups -OCH3 is 1. The molecule has 1 atom stereocenters. The minimum Gasteiger partial charge on any atom is -0.495 e. The fourth-order valence-electron chi connectivity index (χ4n) is 4.69. The highest BCUT2D eigenvalue weighted by Gasteiger charge is 2.29. The minimum absolute atomic E-state index is 0.480. The standard InChI is InChI=1S/C23H35N5O/c1-18(2)21-15-19(24-25-21)16-26-10-6-7-20(17-26)27-11-13-28(14-12-27)22-8-4-5-9-23(22)29-3/h4-5,8-9,15,18,20H,6-7,10-14,16-17H2,1-3H3,(H,24,25). The maximum atomic E-state index is 5.56. The first-order valence-corrected chi connectivity index (χ1v) is 11.0. The Bertz CT molecular complexity index is 781. The number of hydrogen-bond acceptors (Lipinski definition) is 5. The van der Waals surface area contributed by atoms with Crippen LogP contribution in [0.3, 0.4) is 0 Å². The van der Waals surface area contributed by atoms with Crippen LogP contribution < -0.4 is 9.64 Å². The highest BCUT2D eigenvalue weighted by atomic mass is 16.5. The van der Waals surface area contributed by atoms with Gasteiger partial charge in [0.15, 0.2) is 0 Å². The predicted octanol–water partition coefficient (Wildman–Crippen LogP) is 3.33. The summed E-state index contributed by atoms with van der Waals surface area (Å²) < 4.78 is 5.56. The van der Waals surface area contributed by atoms with Crippen LogP contribution in [0.1, 0.15) is 44.0 Å². The molecule has 158 valence electrons. The third-order valence-electron chi connectivity index (χ3n) is 6.37.